The number of unbranched alkanes of at least 4 members (excludes halogenated alkanes) is 2. The molecule has 9 nitrogen and oxygen atoms in total. The maximum Gasteiger partial charge on any atom is 0.316 e. The molecule has 2 saturated carbocycles. The fourth-order valence-electron chi connectivity index (χ4n) is 7.22. The SMILES string of the molecule is C[C@@H]1CC[C@H]2C[C@]1(C)[C@H](OC(=O)CSc1ccc(C(=O)CCCCCC(=O)OC(C)(C)C)cc1)C[C@](C)(CCN=C(N)N)C(=O)[C@@H]2C. The van der Waals surface area contributed by atoms with Crippen LogP contribution in [0.5, 0.6) is 0 Å². The molecule has 0 saturated heterocycles. The van der Waals surface area contributed by atoms with Crippen LogP contribution in [0.2, 0.25) is 0 Å². The number of ketones is 2. The Hall–Kier alpha value is -2.88. The van der Waals surface area contributed by atoms with E-state index in [1.807, 2.05) is 39.8 Å². The normalized spacial score (nSPS) is 27.7. The second kappa shape index (κ2) is 16.5. The fourth-order valence-corrected chi connectivity index (χ4v) is 7.90. The molecule has 2 bridgehead atoms. The summed E-state index contributed by atoms with van der Waals surface area (Å²) < 4.78 is 11.6. The van der Waals surface area contributed by atoms with E-state index in [4.69, 9.17) is 20.9 Å². The smallest absolute Gasteiger partial charge is 0.316 e. The molecule has 2 aliphatic rings. The lowest BCUT2D eigenvalue weighted by Gasteiger charge is -2.53. The van der Waals surface area contributed by atoms with E-state index in [0.29, 0.717) is 56.6 Å². The molecule has 0 aliphatic heterocycles. The van der Waals surface area contributed by atoms with Crippen LogP contribution in [0, 0.1) is 28.6 Å². The Kier molecular flexibility index (Phi) is 13.5. The third-order valence-corrected chi connectivity index (χ3v) is 11.3. The van der Waals surface area contributed by atoms with Crippen LogP contribution in [-0.4, -0.2) is 53.5 Å². The summed E-state index contributed by atoms with van der Waals surface area (Å²) in [6.07, 6.45) is 6.34. The van der Waals surface area contributed by atoms with Crippen molar-refractivity contribution < 1.29 is 28.7 Å². The third kappa shape index (κ3) is 11.1. The number of guanidine groups is 1. The van der Waals surface area contributed by atoms with Gasteiger partial charge in [-0.2, -0.15) is 0 Å². The Labute approximate surface area is 285 Å². The number of carbonyl (C=O) groups is 4. The van der Waals surface area contributed by atoms with Crippen molar-refractivity contribution in [1.29, 1.82) is 0 Å². The van der Waals surface area contributed by atoms with Crippen LogP contribution in [0.1, 0.15) is 123 Å². The van der Waals surface area contributed by atoms with E-state index >= 15 is 0 Å². The topological polar surface area (TPSA) is 151 Å². The quantitative estimate of drug-likeness (QED) is 0.0538. The van der Waals surface area contributed by atoms with Gasteiger partial charge in [0.2, 0.25) is 0 Å². The zero-order valence-electron chi connectivity index (χ0n) is 29.6. The number of hydrogen-bond acceptors (Lipinski definition) is 8. The summed E-state index contributed by atoms with van der Waals surface area (Å²) in [5, 5.41) is 0. The van der Waals surface area contributed by atoms with Crippen molar-refractivity contribution in [2.75, 3.05) is 12.3 Å². The lowest BCUT2D eigenvalue weighted by molar-refractivity contribution is -0.171. The van der Waals surface area contributed by atoms with Crippen molar-refractivity contribution in [2.45, 2.75) is 129 Å². The number of ether oxygens (including phenoxy) is 2. The van der Waals surface area contributed by atoms with Crippen molar-refractivity contribution in [3.05, 3.63) is 29.8 Å². The zero-order chi connectivity index (χ0) is 35.0. The number of esters is 2. The van der Waals surface area contributed by atoms with Crippen LogP contribution >= 0.6 is 11.8 Å². The zero-order valence-corrected chi connectivity index (χ0v) is 30.4. The highest BCUT2D eigenvalue weighted by atomic mass is 32.2. The molecule has 3 rings (SSSR count). The van der Waals surface area contributed by atoms with Gasteiger partial charge in [-0.1, -0.05) is 46.2 Å². The first-order valence-corrected chi connectivity index (χ1v) is 18.2. The molecule has 4 N–H and O–H groups in total. The Morgan fingerprint density at radius 3 is 2.26 bits per heavy atom. The monoisotopic (exact) mass is 671 g/mol. The van der Waals surface area contributed by atoms with Crippen molar-refractivity contribution in [3.8, 4) is 0 Å². The highest BCUT2D eigenvalue weighted by molar-refractivity contribution is 8.00. The van der Waals surface area contributed by atoms with Crippen molar-refractivity contribution in [3.63, 3.8) is 0 Å². The molecule has 0 heterocycles. The number of nitrogens with zero attached hydrogens (tertiary/aromatic N) is 1. The van der Waals surface area contributed by atoms with E-state index in [0.717, 1.165) is 30.6 Å². The molecule has 47 heavy (non-hydrogen) atoms. The average Bonchev–Trinajstić information content (AvgIpc) is 2.99. The van der Waals surface area contributed by atoms with Gasteiger partial charge in [-0.25, -0.2) is 0 Å². The minimum Gasteiger partial charge on any atom is -0.461 e. The number of aliphatic imine (C=N–C) groups is 1. The van der Waals surface area contributed by atoms with Crippen molar-refractivity contribution in [1.82, 2.24) is 0 Å². The van der Waals surface area contributed by atoms with Crippen molar-refractivity contribution >= 4 is 41.2 Å². The van der Waals surface area contributed by atoms with Crippen LogP contribution in [0.4, 0.5) is 0 Å². The maximum absolute atomic E-state index is 13.9. The first-order chi connectivity index (χ1) is 21.9. The molecule has 0 unspecified atom stereocenters. The number of carbonyl (C=O) groups excluding carboxylic acids is 4. The first-order valence-electron chi connectivity index (χ1n) is 17.2. The Morgan fingerprint density at radius 2 is 1.62 bits per heavy atom. The minimum atomic E-state index is -0.714. The fraction of sp³-hybridized carbons (Fsp3) is 0.703. The molecule has 0 amide bonds. The molecule has 2 fully saturated rings. The lowest BCUT2D eigenvalue weighted by atomic mass is 9.53. The number of rotatable bonds is 14. The van der Waals surface area contributed by atoms with Gasteiger partial charge < -0.3 is 20.9 Å². The number of Topliss-reactive ketones (excluding diaryl/α,β-unsaturated/α-hetero) is 2. The van der Waals surface area contributed by atoms with Gasteiger partial charge in [-0.15, -0.1) is 11.8 Å². The standard InChI is InChI=1S/C37H57N3O6S/c1-24-13-14-27-21-37(24,7)30(22-36(6,33(44)25(27)2)19-20-40-34(38)39)45-32(43)23-47-28-17-15-26(16-18-28)29(41)11-9-8-10-12-31(42)46-35(3,4)5/h15-18,24-25,27,30H,8-14,19-23H2,1-7H3,(H4,38,39,40)/t24-,25-,27+,30-,36+,37+/m1/s1. The van der Waals surface area contributed by atoms with Gasteiger partial charge in [0.15, 0.2) is 11.7 Å². The molecule has 262 valence electrons. The number of fused-ring (bicyclic) bond motifs is 2. The van der Waals surface area contributed by atoms with Gasteiger partial charge in [0.05, 0.1) is 5.75 Å². The minimum absolute atomic E-state index is 0.00179. The van der Waals surface area contributed by atoms with Gasteiger partial charge in [-0.05, 0) is 89.7 Å². The van der Waals surface area contributed by atoms with Crippen LogP contribution in [-0.2, 0) is 23.9 Å². The van der Waals surface area contributed by atoms with E-state index in [9.17, 15) is 19.2 Å². The van der Waals surface area contributed by atoms with E-state index in [1.165, 1.54) is 11.8 Å². The number of nitrogens with two attached hydrogens (primary N) is 2. The van der Waals surface area contributed by atoms with Crippen LogP contribution in [0.3, 0.4) is 0 Å². The lowest BCUT2D eigenvalue weighted by Crippen LogP contribution is -2.53. The van der Waals surface area contributed by atoms with Gasteiger partial charge in [0.25, 0.3) is 0 Å². The number of benzene rings is 1. The van der Waals surface area contributed by atoms with E-state index in [-0.39, 0.29) is 52.5 Å². The molecule has 10 heteroatoms. The van der Waals surface area contributed by atoms with E-state index in [1.54, 1.807) is 12.1 Å². The second-order valence-corrected chi connectivity index (χ2v) is 16.3. The van der Waals surface area contributed by atoms with E-state index < -0.39 is 17.1 Å². The Morgan fingerprint density at radius 1 is 0.957 bits per heavy atom. The molecule has 0 spiro atoms. The summed E-state index contributed by atoms with van der Waals surface area (Å²) >= 11 is 1.38. The maximum atomic E-state index is 13.9. The highest BCUT2D eigenvalue weighted by Crippen LogP contribution is 2.54. The van der Waals surface area contributed by atoms with Crippen LogP contribution in [0.25, 0.3) is 0 Å². The molecular formula is C37H57N3O6S. The second-order valence-electron chi connectivity index (χ2n) is 15.3. The first kappa shape index (κ1) is 38.6. The molecule has 0 radical (unpaired) electrons. The molecular weight excluding hydrogens is 614 g/mol. The Balaban J connectivity index is 1.57. The van der Waals surface area contributed by atoms with Gasteiger partial charge in [0, 0.05) is 46.6 Å². The van der Waals surface area contributed by atoms with Crippen LogP contribution in [0.15, 0.2) is 34.2 Å². The summed E-state index contributed by atoms with van der Waals surface area (Å²) in [6, 6.07) is 7.31. The predicted octanol–water partition coefficient (Wildman–Crippen LogP) is 6.89. The molecule has 1 aromatic rings. The average molecular weight is 672 g/mol. The molecule has 1 aromatic carbocycles. The molecule has 6 atom stereocenters. The largest absolute Gasteiger partial charge is 0.461 e. The summed E-state index contributed by atoms with van der Waals surface area (Å²) in [6.45, 7) is 14.4. The molecule has 2 aliphatic carbocycles. The highest BCUT2D eigenvalue weighted by Gasteiger charge is 2.54. The predicted molar refractivity (Wildman–Crippen MR) is 187 cm³/mol. The summed E-state index contributed by atoms with van der Waals surface area (Å²) in [5.74, 6) is 0.401. The third-order valence-electron chi connectivity index (χ3n) is 10.4. The van der Waals surface area contributed by atoms with Crippen molar-refractivity contribution in [2.24, 2.45) is 45.0 Å². The Bertz CT molecular complexity index is 1290. The van der Waals surface area contributed by atoms with E-state index in [2.05, 4.69) is 25.8 Å². The molecule has 0 aromatic heterocycles. The number of thioether (sulfide) groups is 1. The van der Waals surface area contributed by atoms with Gasteiger partial charge >= 0.3 is 11.9 Å². The van der Waals surface area contributed by atoms with Gasteiger partial charge in [0.1, 0.15) is 17.5 Å². The number of hydrogen-bond donors (Lipinski definition) is 2. The van der Waals surface area contributed by atoms with Crippen LogP contribution < -0.4 is 11.5 Å². The van der Waals surface area contributed by atoms with Gasteiger partial charge in [-0.3, -0.25) is 24.2 Å². The summed E-state index contributed by atoms with van der Waals surface area (Å²) in [7, 11) is 0. The summed E-state index contributed by atoms with van der Waals surface area (Å²) in [5.41, 5.74) is 10.3. The summed E-state index contributed by atoms with van der Waals surface area (Å²) in [4.78, 5) is 56.8.